The second-order valence-corrected chi connectivity index (χ2v) is 8.14. The number of carbonyl (C=O) groups is 1. The summed E-state index contributed by atoms with van der Waals surface area (Å²) >= 11 is 0. The maximum absolute atomic E-state index is 13.4. The van der Waals surface area contributed by atoms with Gasteiger partial charge in [-0.1, -0.05) is 18.1 Å². The summed E-state index contributed by atoms with van der Waals surface area (Å²) in [4.78, 5) is 19.4. The number of pyridine rings is 1. The SMILES string of the molecule is CCc1onc(C)c1-c1cccc([C@H]2CN(C(=O)C3CCC(F)(F)CC3)CCO2)n1. The van der Waals surface area contributed by atoms with E-state index < -0.39 is 5.92 Å². The van der Waals surface area contributed by atoms with Gasteiger partial charge in [0.05, 0.1) is 35.8 Å². The molecule has 0 aromatic carbocycles. The molecule has 2 aromatic rings. The predicted molar refractivity (Wildman–Crippen MR) is 106 cm³/mol. The number of nitrogens with zero attached hydrogens (tertiary/aromatic N) is 3. The van der Waals surface area contributed by atoms with Gasteiger partial charge in [0.1, 0.15) is 11.9 Å². The summed E-state index contributed by atoms with van der Waals surface area (Å²) in [7, 11) is 0. The van der Waals surface area contributed by atoms with Crippen LogP contribution < -0.4 is 0 Å². The second-order valence-electron chi connectivity index (χ2n) is 8.14. The van der Waals surface area contributed by atoms with E-state index >= 15 is 0 Å². The quantitative estimate of drug-likeness (QED) is 0.738. The highest BCUT2D eigenvalue weighted by Crippen LogP contribution is 2.37. The number of amides is 1. The molecule has 0 spiro atoms. The molecule has 30 heavy (non-hydrogen) atoms. The zero-order valence-electron chi connectivity index (χ0n) is 17.4. The third-order valence-electron chi connectivity index (χ3n) is 6.06. The number of hydrogen-bond donors (Lipinski definition) is 0. The lowest BCUT2D eigenvalue weighted by Gasteiger charge is -2.36. The minimum absolute atomic E-state index is 0.0434. The van der Waals surface area contributed by atoms with Gasteiger partial charge in [0.25, 0.3) is 0 Å². The summed E-state index contributed by atoms with van der Waals surface area (Å²) in [6, 6.07) is 5.71. The molecular formula is C22H27F2N3O3. The number of halogens is 2. The van der Waals surface area contributed by atoms with E-state index in [2.05, 4.69) is 5.16 Å². The first kappa shape index (κ1) is 20.9. The lowest BCUT2D eigenvalue weighted by molar-refractivity contribution is -0.147. The molecule has 3 heterocycles. The molecule has 1 aliphatic heterocycles. The molecule has 2 aromatic heterocycles. The van der Waals surface area contributed by atoms with E-state index in [1.165, 1.54) is 0 Å². The van der Waals surface area contributed by atoms with E-state index in [-0.39, 0.29) is 43.6 Å². The van der Waals surface area contributed by atoms with Gasteiger partial charge < -0.3 is 14.2 Å². The van der Waals surface area contributed by atoms with Crippen molar-refractivity contribution in [3.05, 3.63) is 35.3 Å². The first-order chi connectivity index (χ1) is 14.4. The Bertz CT molecular complexity index is 905. The Hall–Kier alpha value is -2.35. The molecule has 2 fully saturated rings. The standard InChI is InChI=1S/C22H27F2N3O3/c1-3-18-20(14(2)26-30-18)17-6-4-5-16(25-17)19-13-27(11-12-29-19)21(28)15-7-9-22(23,24)10-8-15/h4-6,15,19H,3,7-13H2,1-2H3/t19-/m1/s1. The average Bonchev–Trinajstić information content (AvgIpc) is 3.14. The fourth-order valence-electron chi connectivity index (χ4n) is 4.33. The van der Waals surface area contributed by atoms with Crippen molar-refractivity contribution in [1.82, 2.24) is 15.0 Å². The fraction of sp³-hybridized carbons (Fsp3) is 0.591. The van der Waals surface area contributed by atoms with Gasteiger partial charge in [-0.25, -0.2) is 13.8 Å². The minimum atomic E-state index is -2.63. The molecule has 0 radical (unpaired) electrons. The molecule has 1 saturated heterocycles. The number of morpholine rings is 1. The summed E-state index contributed by atoms with van der Waals surface area (Å²) in [5.74, 6) is -2.22. The highest BCUT2D eigenvalue weighted by molar-refractivity contribution is 5.79. The molecule has 6 nitrogen and oxygen atoms in total. The molecule has 1 aliphatic carbocycles. The highest BCUT2D eigenvalue weighted by Gasteiger charge is 2.39. The molecule has 162 valence electrons. The predicted octanol–water partition coefficient (Wildman–Crippen LogP) is 4.33. The molecule has 1 atom stereocenters. The van der Waals surface area contributed by atoms with Crippen molar-refractivity contribution in [1.29, 1.82) is 0 Å². The molecule has 4 rings (SSSR count). The van der Waals surface area contributed by atoms with Crippen LogP contribution in [0.5, 0.6) is 0 Å². The maximum atomic E-state index is 13.4. The summed E-state index contributed by atoms with van der Waals surface area (Å²) in [6.45, 7) is 5.15. The molecule has 1 amide bonds. The van der Waals surface area contributed by atoms with Crippen molar-refractivity contribution in [3.8, 4) is 11.3 Å². The van der Waals surface area contributed by atoms with E-state index in [1.807, 2.05) is 32.0 Å². The van der Waals surface area contributed by atoms with Gasteiger partial charge in [-0.05, 0) is 31.9 Å². The van der Waals surface area contributed by atoms with E-state index in [9.17, 15) is 13.6 Å². The first-order valence-electron chi connectivity index (χ1n) is 10.6. The van der Waals surface area contributed by atoms with Gasteiger partial charge >= 0.3 is 0 Å². The zero-order valence-corrected chi connectivity index (χ0v) is 17.4. The van der Waals surface area contributed by atoms with Crippen LogP contribution in [0.25, 0.3) is 11.3 Å². The number of hydrogen-bond acceptors (Lipinski definition) is 5. The van der Waals surface area contributed by atoms with E-state index in [0.717, 1.165) is 28.4 Å². The lowest BCUT2D eigenvalue weighted by Crippen LogP contribution is -2.46. The van der Waals surface area contributed by atoms with Crippen LogP contribution in [-0.4, -0.2) is 46.6 Å². The third-order valence-corrected chi connectivity index (χ3v) is 6.06. The number of carbonyl (C=O) groups excluding carboxylic acids is 1. The molecule has 2 aliphatic rings. The van der Waals surface area contributed by atoms with Crippen LogP contribution >= 0.6 is 0 Å². The van der Waals surface area contributed by atoms with Crippen molar-refractivity contribution in [2.24, 2.45) is 5.92 Å². The summed E-state index contributed by atoms with van der Waals surface area (Å²) in [6.07, 6.45) is 0.433. The smallest absolute Gasteiger partial charge is 0.248 e. The monoisotopic (exact) mass is 419 g/mol. The van der Waals surface area contributed by atoms with Crippen molar-refractivity contribution < 1.29 is 22.8 Å². The largest absolute Gasteiger partial charge is 0.368 e. The highest BCUT2D eigenvalue weighted by atomic mass is 19.3. The van der Waals surface area contributed by atoms with Gasteiger partial charge in [-0.2, -0.15) is 0 Å². The zero-order chi connectivity index (χ0) is 21.3. The van der Waals surface area contributed by atoms with Gasteiger partial charge in [0, 0.05) is 31.7 Å². The van der Waals surface area contributed by atoms with Gasteiger partial charge in [0.2, 0.25) is 11.8 Å². The first-order valence-corrected chi connectivity index (χ1v) is 10.6. The van der Waals surface area contributed by atoms with Crippen LogP contribution in [0.2, 0.25) is 0 Å². The van der Waals surface area contributed by atoms with E-state index in [4.69, 9.17) is 14.2 Å². The summed E-state index contributed by atoms with van der Waals surface area (Å²) in [5, 5.41) is 4.05. The lowest BCUT2D eigenvalue weighted by atomic mass is 9.85. The minimum Gasteiger partial charge on any atom is -0.368 e. The van der Waals surface area contributed by atoms with Crippen LogP contribution in [0.15, 0.2) is 22.7 Å². The number of ether oxygens (including phenoxy) is 1. The fourth-order valence-corrected chi connectivity index (χ4v) is 4.33. The molecule has 8 heteroatoms. The molecule has 1 saturated carbocycles. The van der Waals surface area contributed by atoms with Crippen LogP contribution in [0.1, 0.15) is 55.9 Å². The number of aromatic nitrogens is 2. The average molecular weight is 419 g/mol. The molecule has 0 unspecified atom stereocenters. The van der Waals surface area contributed by atoms with Crippen molar-refractivity contribution in [2.75, 3.05) is 19.7 Å². The Morgan fingerprint density at radius 1 is 1.30 bits per heavy atom. The Labute approximate surface area is 174 Å². The number of alkyl halides is 2. The van der Waals surface area contributed by atoms with Crippen molar-refractivity contribution in [2.45, 2.75) is 58.0 Å². The van der Waals surface area contributed by atoms with Gasteiger partial charge in [-0.3, -0.25) is 4.79 Å². The van der Waals surface area contributed by atoms with Crippen molar-refractivity contribution >= 4 is 5.91 Å². The van der Waals surface area contributed by atoms with Crippen LogP contribution in [-0.2, 0) is 16.0 Å². The Kier molecular flexibility index (Phi) is 5.86. The van der Waals surface area contributed by atoms with E-state index in [1.54, 1.807) is 4.90 Å². The van der Waals surface area contributed by atoms with Crippen LogP contribution in [0.4, 0.5) is 8.78 Å². The maximum Gasteiger partial charge on any atom is 0.248 e. The number of rotatable bonds is 4. The van der Waals surface area contributed by atoms with Crippen LogP contribution in [0, 0.1) is 12.8 Å². The van der Waals surface area contributed by atoms with Crippen molar-refractivity contribution in [3.63, 3.8) is 0 Å². The molecule has 0 bridgehead atoms. The van der Waals surface area contributed by atoms with Gasteiger partial charge in [0.15, 0.2) is 0 Å². The normalized spacial score (nSPS) is 22.3. The molecule has 0 N–H and O–H groups in total. The summed E-state index contributed by atoms with van der Waals surface area (Å²) in [5.41, 5.74) is 3.19. The molecular weight excluding hydrogens is 392 g/mol. The topological polar surface area (TPSA) is 68.5 Å². The summed E-state index contributed by atoms with van der Waals surface area (Å²) < 4.78 is 38.2. The Morgan fingerprint density at radius 2 is 2.07 bits per heavy atom. The third kappa shape index (κ3) is 4.24. The Balaban J connectivity index is 1.49. The number of aryl methyl sites for hydroxylation is 2. The van der Waals surface area contributed by atoms with Crippen LogP contribution in [0.3, 0.4) is 0 Å². The van der Waals surface area contributed by atoms with Gasteiger partial charge in [-0.15, -0.1) is 0 Å². The Morgan fingerprint density at radius 3 is 2.80 bits per heavy atom. The van der Waals surface area contributed by atoms with E-state index in [0.29, 0.717) is 26.1 Å². The second kappa shape index (κ2) is 8.41.